The predicted molar refractivity (Wildman–Crippen MR) is 64.8 cm³/mol. The second kappa shape index (κ2) is 5.99. The molecule has 0 saturated heterocycles. The van der Waals surface area contributed by atoms with E-state index >= 15 is 0 Å². The second-order valence-electron chi connectivity index (χ2n) is 3.57. The summed E-state index contributed by atoms with van der Waals surface area (Å²) in [5.41, 5.74) is 0. The SMILES string of the molecule is C=CCC(C)NC(CC)c1cccs1. The van der Waals surface area contributed by atoms with E-state index in [1.54, 1.807) is 0 Å². The van der Waals surface area contributed by atoms with Gasteiger partial charge >= 0.3 is 0 Å². The molecular weight excluding hydrogens is 190 g/mol. The van der Waals surface area contributed by atoms with Crippen LogP contribution in [0.1, 0.15) is 37.6 Å². The molecule has 2 unspecified atom stereocenters. The van der Waals surface area contributed by atoms with E-state index < -0.39 is 0 Å². The van der Waals surface area contributed by atoms with E-state index in [1.807, 2.05) is 17.4 Å². The van der Waals surface area contributed by atoms with Gasteiger partial charge in [0.15, 0.2) is 0 Å². The average Bonchev–Trinajstić information content (AvgIpc) is 2.67. The van der Waals surface area contributed by atoms with Crippen LogP contribution < -0.4 is 5.32 Å². The molecule has 1 nitrogen and oxygen atoms in total. The Hall–Kier alpha value is -0.600. The molecule has 0 fully saturated rings. The summed E-state index contributed by atoms with van der Waals surface area (Å²) in [7, 11) is 0. The number of nitrogens with one attached hydrogen (secondary N) is 1. The van der Waals surface area contributed by atoms with Gasteiger partial charge in [0, 0.05) is 17.0 Å². The van der Waals surface area contributed by atoms with Crippen LogP contribution in [-0.2, 0) is 0 Å². The molecule has 0 amide bonds. The van der Waals surface area contributed by atoms with E-state index in [9.17, 15) is 0 Å². The molecule has 0 radical (unpaired) electrons. The van der Waals surface area contributed by atoms with Crippen LogP contribution in [0, 0.1) is 0 Å². The van der Waals surface area contributed by atoms with Crippen molar-refractivity contribution in [3.05, 3.63) is 35.0 Å². The molecular formula is C12H19NS. The Morgan fingerprint density at radius 2 is 2.43 bits per heavy atom. The number of hydrogen-bond donors (Lipinski definition) is 1. The average molecular weight is 209 g/mol. The third-order valence-corrected chi connectivity index (χ3v) is 3.29. The van der Waals surface area contributed by atoms with Gasteiger partial charge in [-0.25, -0.2) is 0 Å². The van der Waals surface area contributed by atoms with Gasteiger partial charge in [0.1, 0.15) is 0 Å². The largest absolute Gasteiger partial charge is 0.306 e. The molecule has 0 aliphatic rings. The fraction of sp³-hybridized carbons (Fsp3) is 0.500. The number of rotatable bonds is 6. The van der Waals surface area contributed by atoms with E-state index in [0.29, 0.717) is 12.1 Å². The monoisotopic (exact) mass is 209 g/mol. The summed E-state index contributed by atoms with van der Waals surface area (Å²) in [6, 6.07) is 5.33. The summed E-state index contributed by atoms with van der Waals surface area (Å²) in [6.07, 6.45) is 4.14. The van der Waals surface area contributed by atoms with Crippen molar-refractivity contribution in [1.29, 1.82) is 0 Å². The van der Waals surface area contributed by atoms with Gasteiger partial charge in [-0.1, -0.05) is 19.1 Å². The van der Waals surface area contributed by atoms with E-state index in [-0.39, 0.29) is 0 Å². The number of thiophene rings is 1. The Morgan fingerprint density at radius 1 is 1.64 bits per heavy atom. The van der Waals surface area contributed by atoms with Crippen molar-refractivity contribution in [3.63, 3.8) is 0 Å². The third kappa shape index (κ3) is 3.28. The molecule has 1 rings (SSSR count). The normalized spacial score (nSPS) is 15.0. The lowest BCUT2D eigenvalue weighted by Gasteiger charge is -2.20. The van der Waals surface area contributed by atoms with Crippen LogP contribution in [0.2, 0.25) is 0 Å². The Labute approximate surface area is 90.9 Å². The summed E-state index contributed by atoms with van der Waals surface area (Å²) >= 11 is 1.83. The fourth-order valence-electron chi connectivity index (χ4n) is 1.55. The zero-order valence-electron chi connectivity index (χ0n) is 8.99. The van der Waals surface area contributed by atoms with Crippen molar-refractivity contribution in [3.8, 4) is 0 Å². The summed E-state index contributed by atoms with van der Waals surface area (Å²) in [5, 5.41) is 5.75. The van der Waals surface area contributed by atoms with Crippen LogP contribution in [0.4, 0.5) is 0 Å². The Balaban J connectivity index is 2.51. The molecule has 0 aromatic carbocycles. The van der Waals surface area contributed by atoms with Gasteiger partial charge in [-0.05, 0) is 31.2 Å². The standard InChI is InChI=1S/C12H19NS/c1-4-7-10(3)13-11(5-2)12-8-6-9-14-12/h4,6,8-11,13H,1,5,7H2,2-3H3. The molecule has 78 valence electrons. The lowest BCUT2D eigenvalue weighted by atomic mass is 10.1. The molecule has 1 N–H and O–H groups in total. The molecule has 1 aromatic rings. The first kappa shape index (κ1) is 11.5. The lowest BCUT2D eigenvalue weighted by Crippen LogP contribution is -2.29. The highest BCUT2D eigenvalue weighted by Crippen LogP contribution is 2.22. The molecule has 14 heavy (non-hydrogen) atoms. The van der Waals surface area contributed by atoms with Gasteiger partial charge in [-0.15, -0.1) is 17.9 Å². The van der Waals surface area contributed by atoms with Crippen LogP contribution in [0.25, 0.3) is 0 Å². The van der Waals surface area contributed by atoms with Crippen molar-refractivity contribution >= 4 is 11.3 Å². The summed E-state index contributed by atoms with van der Waals surface area (Å²) in [5.74, 6) is 0. The molecule has 0 aliphatic heterocycles. The highest BCUT2D eigenvalue weighted by atomic mass is 32.1. The van der Waals surface area contributed by atoms with E-state index in [4.69, 9.17) is 0 Å². The van der Waals surface area contributed by atoms with Crippen molar-refractivity contribution in [2.24, 2.45) is 0 Å². The highest BCUT2D eigenvalue weighted by Gasteiger charge is 2.11. The fourth-order valence-corrected chi connectivity index (χ4v) is 2.42. The summed E-state index contributed by atoms with van der Waals surface area (Å²) in [6.45, 7) is 8.19. The maximum Gasteiger partial charge on any atom is 0.0414 e. The lowest BCUT2D eigenvalue weighted by molar-refractivity contribution is 0.453. The highest BCUT2D eigenvalue weighted by molar-refractivity contribution is 7.10. The molecule has 1 heterocycles. The van der Waals surface area contributed by atoms with Gasteiger partial charge in [0.05, 0.1) is 0 Å². The van der Waals surface area contributed by atoms with Gasteiger partial charge in [-0.2, -0.15) is 0 Å². The van der Waals surface area contributed by atoms with Crippen LogP contribution in [0.5, 0.6) is 0 Å². The Kier molecular flexibility index (Phi) is 4.91. The van der Waals surface area contributed by atoms with Crippen LogP contribution in [0.15, 0.2) is 30.2 Å². The minimum atomic E-state index is 0.505. The summed E-state index contributed by atoms with van der Waals surface area (Å²) < 4.78 is 0. The van der Waals surface area contributed by atoms with Gasteiger partial charge in [0.2, 0.25) is 0 Å². The molecule has 2 atom stereocenters. The molecule has 0 bridgehead atoms. The summed E-state index contributed by atoms with van der Waals surface area (Å²) in [4.78, 5) is 1.43. The predicted octanol–water partition coefficient (Wildman–Crippen LogP) is 3.75. The quantitative estimate of drug-likeness (QED) is 0.704. The van der Waals surface area contributed by atoms with Gasteiger partial charge in [0.25, 0.3) is 0 Å². The Bertz CT molecular complexity index is 253. The van der Waals surface area contributed by atoms with Crippen molar-refractivity contribution in [2.75, 3.05) is 0 Å². The minimum Gasteiger partial charge on any atom is -0.306 e. The second-order valence-corrected chi connectivity index (χ2v) is 4.55. The number of hydrogen-bond acceptors (Lipinski definition) is 2. The molecule has 0 saturated carbocycles. The first-order valence-electron chi connectivity index (χ1n) is 5.18. The first-order chi connectivity index (χ1) is 6.77. The molecule has 2 heteroatoms. The maximum absolute atomic E-state index is 3.76. The van der Waals surface area contributed by atoms with Crippen molar-refractivity contribution < 1.29 is 0 Å². The Morgan fingerprint density at radius 3 is 2.93 bits per heavy atom. The first-order valence-corrected chi connectivity index (χ1v) is 6.06. The van der Waals surface area contributed by atoms with Crippen molar-refractivity contribution in [1.82, 2.24) is 5.32 Å². The van der Waals surface area contributed by atoms with Crippen molar-refractivity contribution in [2.45, 2.75) is 38.8 Å². The van der Waals surface area contributed by atoms with E-state index in [2.05, 4.69) is 43.3 Å². The van der Waals surface area contributed by atoms with Crippen LogP contribution >= 0.6 is 11.3 Å². The zero-order valence-corrected chi connectivity index (χ0v) is 9.81. The third-order valence-electron chi connectivity index (χ3n) is 2.30. The van der Waals surface area contributed by atoms with Gasteiger partial charge < -0.3 is 5.32 Å². The molecule has 1 aromatic heterocycles. The molecule has 0 aliphatic carbocycles. The molecule has 0 spiro atoms. The smallest absolute Gasteiger partial charge is 0.0414 e. The topological polar surface area (TPSA) is 12.0 Å². The van der Waals surface area contributed by atoms with E-state index in [1.165, 1.54) is 4.88 Å². The minimum absolute atomic E-state index is 0.505. The van der Waals surface area contributed by atoms with Crippen LogP contribution in [0.3, 0.4) is 0 Å². The van der Waals surface area contributed by atoms with Gasteiger partial charge in [-0.3, -0.25) is 0 Å². The van der Waals surface area contributed by atoms with E-state index in [0.717, 1.165) is 12.8 Å². The zero-order chi connectivity index (χ0) is 10.4. The van der Waals surface area contributed by atoms with Crippen LogP contribution in [-0.4, -0.2) is 6.04 Å². The maximum atomic E-state index is 3.76.